The lowest BCUT2D eigenvalue weighted by Crippen LogP contribution is -2.14. The largest absolute Gasteiger partial charge is 0.373 e. The van der Waals surface area contributed by atoms with E-state index in [4.69, 9.17) is 11.6 Å². The molecule has 20 heavy (non-hydrogen) atoms. The van der Waals surface area contributed by atoms with Crippen LogP contribution in [0.1, 0.15) is 10.4 Å². The first-order valence-electron chi connectivity index (χ1n) is 5.61. The van der Waals surface area contributed by atoms with Crippen LogP contribution in [0.15, 0.2) is 34.9 Å². The molecule has 4 nitrogen and oxygen atoms in total. The van der Waals surface area contributed by atoms with Crippen molar-refractivity contribution < 1.29 is 9.18 Å². The normalized spacial score (nSPS) is 10.2. The maximum Gasteiger partial charge on any atom is 0.257 e. The van der Waals surface area contributed by atoms with Crippen molar-refractivity contribution in [3.8, 4) is 0 Å². The number of benzene rings is 1. The van der Waals surface area contributed by atoms with Gasteiger partial charge < -0.3 is 10.6 Å². The van der Waals surface area contributed by atoms with Crippen LogP contribution in [-0.4, -0.2) is 17.9 Å². The summed E-state index contributed by atoms with van der Waals surface area (Å²) in [6.45, 7) is 0. The predicted molar refractivity (Wildman–Crippen MR) is 80.8 cm³/mol. The average molecular weight is 359 g/mol. The van der Waals surface area contributed by atoms with E-state index in [1.807, 2.05) is 0 Å². The van der Waals surface area contributed by atoms with Crippen molar-refractivity contribution >= 4 is 44.9 Å². The molecule has 0 saturated heterocycles. The van der Waals surface area contributed by atoms with E-state index in [0.717, 1.165) is 0 Å². The molecule has 0 radical (unpaired) electrons. The zero-order valence-electron chi connectivity index (χ0n) is 10.4. The van der Waals surface area contributed by atoms with Crippen LogP contribution in [0.4, 0.5) is 15.9 Å². The van der Waals surface area contributed by atoms with Crippen LogP contribution in [0, 0.1) is 5.82 Å². The second kappa shape index (κ2) is 6.19. The van der Waals surface area contributed by atoms with Crippen molar-refractivity contribution in [1.82, 2.24) is 4.98 Å². The van der Waals surface area contributed by atoms with E-state index in [-0.39, 0.29) is 16.3 Å². The summed E-state index contributed by atoms with van der Waals surface area (Å²) >= 11 is 9.07. The molecule has 1 aromatic heterocycles. The van der Waals surface area contributed by atoms with Crippen LogP contribution in [-0.2, 0) is 0 Å². The second-order valence-corrected chi connectivity index (χ2v) is 5.20. The first-order valence-corrected chi connectivity index (χ1v) is 6.78. The van der Waals surface area contributed by atoms with Crippen LogP contribution < -0.4 is 10.6 Å². The number of aromatic nitrogens is 1. The third-order valence-electron chi connectivity index (χ3n) is 2.54. The molecule has 0 spiro atoms. The fraction of sp³-hybridized carbons (Fsp3) is 0.0769. The molecule has 0 aliphatic heterocycles. The smallest absolute Gasteiger partial charge is 0.257 e. The molecule has 0 aliphatic carbocycles. The number of carbonyl (C=O) groups excluding carboxylic acids is 1. The summed E-state index contributed by atoms with van der Waals surface area (Å²) in [7, 11) is 1.67. The van der Waals surface area contributed by atoms with Gasteiger partial charge in [0.2, 0.25) is 0 Å². The predicted octanol–water partition coefficient (Wildman–Crippen LogP) is 3.93. The molecule has 0 atom stereocenters. The van der Waals surface area contributed by atoms with Gasteiger partial charge >= 0.3 is 0 Å². The number of hydrogen-bond donors (Lipinski definition) is 2. The quantitative estimate of drug-likeness (QED) is 0.874. The zero-order valence-corrected chi connectivity index (χ0v) is 12.7. The van der Waals surface area contributed by atoms with Gasteiger partial charge in [0.25, 0.3) is 5.91 Å². The summed E-state index contributed by atoms with van der Waals surface area (Å²) in [5, 5.41) is 5.47. The Morgan fingerprint density at radius 3 is 2.80 bits per heavy atom. The third-order valence-corrected chi connectivity index (χ3v) is 3.33. The fourth-order valence-electron chi connectivity index (χ4n) is 1.53. The molecule has 0 aliphatic rings. The van der Waals surface area contributed by atoms with Crippen molar-refractivity contribution in [2.75, 3.05) is 17.7 Å². The third kappa shape index (κ3) is 3.26. The maximum absolute atomic E-state index is 13.7. The van der Waals surface area contributed by atoms with E-state index in [1.165, 1.54) is 24.4 Å². The summed E-state index contributed by atoms with van der Waals surface area (Å²) < 4.78 is 14.3. The molecule has 1 amide bonds. The molecule has 0 bridgehead atoms. The van der Waals surface area contributed by atoms with Crippen molar-refractivity contribution in [1.29, 1.82) is 0 Å². The Hall–Kier alpha value is -1.66. The Morgan fingerprint density at radius 2 is 2.15 bits per heavy atom. The van der Waals surface area contributed by atoms with Gasteiger partial charge in [-0.3, -0.25) is 4.79 Å². The van der Waals surface area contributed by atoms with E-state index in [2.05, 4.69) is 31.5 Å². The molecule has 0 fully saturated rings. The molecule has 2 rings (SSSR count). The topological polar surface area (TPSA) is 54.0 Å². The highest BCUT2D eigenvalue weighted by Gasteiger charge is 2.14. The summed E-state index contributed by atoms with van der Waals surface area (Å²) in [5.41, 5.74) is 0.297. The lowest BCUT2D eigenvalue weighted by Gasteiger charge is -2.09. The van der Waals surface area contributed by atoms with E-state index in [0.29, 0.717) is 10.3 Å². The van der Waals surface area contributed by atoms with Gasteiger partial charge in [-0.05, 0) is 24.3 Å². The van der Waals surface area contributed by atoms with Gasteiger partial charge in [-0.1, -0.05) is 27.5 Å². The lowest BCUT2D eigenvalue weighted by molar-refractivity contribution is 0.102. The van der Waals surface area contributed by atoms with E-state index >= 15 is 0 Å². The van der Waals surface area contributed by atoms with Crippen LogP contribution in [0.25, 0.3) is 0 Å². The molecule has 2 N–H and O–H groups in total. The Morgan fingerprint density at radius 1 is 1.40 bits per heavy atom. The van der Waals surface area contributed by atoms with Crippen molar-refractivity contribution in [2.24, 2.45) is 0 Å². The van der Waals surface area contributed by atoms with E-state index < -0.39 is 11.7 Å². The number of halogens is 3. The Kier molecular flexibility index (Phi) is 4.57. The number of nitrogens with zero attached hydrogens (tertiary/aromatic N) is 1. The van der Waals surface area contributed by atoms with Crippen LogP contribution in [0.2, 0.25) is 5.02 Å². The van der Waals surface area contributed by atoms with E-state index in [9.17, 15) is 9.18 Å². The molecule has 1 heterocycles. The molecule has 104 valence electrons. The maximum atomic E-state index is 13.7. The number of amides is 1. The summed E-state index contributed by atoms with van der Waals surface area (Å²) in [6, 6.07) is 5.86. The molecule has 7 heteroatoms. The zero-order chi connectivity index (χ0) is 14.7. The number of rotatable bonds is 3. The molecule has 2 aromatic rings. The molecule has 1 aromatic carbocycles. The first-order chi connectivity index (χ1) is 9.51. The summed E-state index contributed by atoms with van der Waals surface area (Å²) in [6.07, 6.45) is 1.36. The highest BCUT2D eigenvalue weighted by atomic mass is 79.9. The minimum absolute atomic E-state index is 0.0806. The Balaban J connectivity index is 2.28. The minimum atomic E-state index is -0.535. The van der Waals surface area contributed by atoms with Gasteiger partial charge in [0.05, 0.1) is 16.3 Å². The monoisotopic (exact) mass is 357 g/mol. The van der Waals surface area contributed by atoms with Gasteiger partial charge in [-0.15, -0.1) is 0 Å². The number of hydrogen-bond acceptors (Lipinski definition) is 3. The van der Waals surface area contributed by atoms with Gasteiger partial charge in [-0.25, -0.2) is 9.37 Å². The lowest BCUT2D eigenvalue weighted by atomic mass is 10.2. The SMILES string of the molecule is CNc1cc(C(=O)Nc2ccc(Br)cc2F)c(Cl)cn1. The van der Waals surface area contributed by atoms with Gasteiger partial charge in [0.15, 0.2) is 0 Å². The van der Waals surface area contributed by atoms with E-state index in [1.54, 1.807) is 13.1 Å². The Bertz CT molecular complexity index is 666. The molecule has 0 saturated carbocycles. The fourth-order valence-corrected chi connectivity index (χ4v) is 2.05. The summed E-state index contributed by atoms with van der Waals surface area (Å²) in [4.78, 5) is 16.1. The first kappa shape index (κ1) is 14.7. The van der Waals surface area contributed by atoms with Crippen molar-refractivity contribution in [3.63, 3.8) is 0 Å². The highest BCUT2D eigenvalue weighted by molar-refractivity contribution is 9.10. The van der Waals surface area contributed by atoms with Crippen molar-refractivity contribution in [2.45, 2.75) is 0 Å². The number of anilines is 2. The van der Waals surface area contributed by atoms with Crippen LogP contribution in [0.5, 0.6) is 0 Å². The number of carbonyl (C=O) groups is 1. The van der Waals surface area contributed by atoms with Crippen LogP contribution in [0.3, 0.4) is 0 Å². The highest BCUT2D eigenvalue weighted by Crippen LogP contribution is 2.22. The van der Waals surface area contributed by atoms with Gasteiger partial charge in [0, 0.05) is 17.7 Å². The second-order valence-electron chi connectivity index (χ2n) is 3.88. The minimum Gasteiger partial charge on any atom is -0.373 e. The molecular formula is C13H10BrClFN3O. The number of nitrogens with one attached hydrogen (secondary N) is 2. The van der Waals surface area contributed by atoms with Crippen molar-refractivity contribution in [3.05, 3.63) is 51.3 Å². The molecular weight excluding hydrogens is 349 g/mol. The van der Waals surface area contributed by atoms with Gasteiger partial charge in [0.1, 0.15) is 11.6 Å². The average Bonchev–Trinajstić information content (AvgIpc) is 2.42. The van der Waals surface area contributed by atoms with Crippen LogP contribution >= 0.6 is 27.5 Å². The standard InChI is InChI=1S/C13H10BrClFN3O/c1-17-12-5-8(9(15)6-18-12)13(20)19-11-3-2-7(14)4-10(11)16/h2-6H,1H3,(H,17,18)(H,19,20). The summed E-state index contributed by atoms with van der Waals surface area (Å²) in [5.74, 6) is -0.544. The number of pyridine rings is 1. The molecule has 0 unspecified atom stereocenters. The Labute approximate surface area is 128 Å². The van der Waals surface area contributed by atoms with Gasteiger partial charge in [-0.2, -0.15) is 0 Å².